The van der Waals surface area contributed by atoms with Crippen LogP contribution in [-0.2, 0) is 49.4 Å². The average Bonchev–Trinajstić information content (AvgIpc) is 3.58. The summed E-state index contributed by atoms with van der Waals surface area (Å²) in [6.45, 7) is 18.6. The Morgan fingerprint density at radius 3 is 1.73 bits per heavy atom. The fraction of sp³-hybridized carbons (Fsp3) is 0.788. The molecule has 18 nitrogen and oxygen atoms in total. The zero-order chi connectivity index (χ0) is 40.6. The quantitative estimate of drug-likeness (QED) is 0.264. The number of nitrogens with zero attached hydrogens (tertiary/aromatic N) is 9. The van der Waals surface area contributed by atoms with Gasteiger partial charge in [0.1, 0.15) is 9.84 Å². The molecule has 302 valence electrons. The van der Waals surface area contributed by atoms with Crippen LogP contribution < -0.4 is 5.56 Å². The average molecular weight is 764 g/mol. The number of pyridine rings is 1. The van der Waals surface area contributed by atoms with E-state index in [2.05, 4.69) is 42.5 Å². The molecule has 4 rings (SSSR count). The summed E-state index contributed by atoms with van der Waals surface area (Å²) < 4.78 is 41.9. The maximum absolute atomic E-state index is 10.8. The molecule has 0 unspecified atom stereocenters. The van der Waals surface area contributed by atoms with Crippen molar-refractivity contribution in [2.75, 3.05) is 66.4 Å². The number of aromatic nitrogens is 9. The van der Waals surface area contributed by atoms with Gasteiger partial charge in [-0.25, -0.2) is 8.42 Å². The summed E-state index contributed by atoms with van der Waals surface area (Å²) in [5.74, 6) is 1.55. The minimum atomic E-state index is -2.78. The van der Waals surface area contributed by atoms with Crippen LogP contribution in [0.25, 0.3) is 0 Å². The second-order valence-corrected chi connectivity index (χ2v) is 16.2. The van der Waals surface area contributed by atoms with Crippen molar-refractivity contribution in [3.05, 3.63) is 45.9 Å². The van der Waals surface area contributed by atoms with E-state index < -0.39 is 21.0 Å². The van der Waals surface area contributed by atoms with Gasteiger partial charge in [-0.2, -0.15) is 9.59 Å². The first-order chi connectivity index (χ1) is 23.8. The lowest BCUT2D eigenvalue weighted by atomic mass is 9.90. The van der Waals surface area contributed by atoms with Gasteiger partial charge in [-0.15, -0.1) is 20.4 Å². The highest BCUT2D eigenvalue weighted by Crippen LogP contribution is 2.25. The van der Waals surface area contributed by atoms with Crippen LogP contribution in [0.3, 0.4) is 0 Å². The molecule has 0 saturated carbocycles. The van der Waals surface area contributed by atoms with Crippen LogP contribution in [0.2, 0.25) is 0 Å². The Bertz CT molecular complexity index is 1490. The van der Waals surface area contributed by atoms with Gasteiger partial charge in [0.05, 0.1) is 50.4 Å². The molecule has 3 aromatic rings. The standard InChI is InChI=1S/C7H9NO.C6H12N4O.C6H12O2.C6H14O2.C5H12O3S.C3H6N4/c1-6-3-4-8(2)7(9)5-6;1-5-7-9-10(8-5)4-6(2,3)11;1-6(3-7-2)4-8-5-6;1-6(2,7)4-5-8-3;1-8-4-3-5-9(2,6)7;1-3-4-6-7(2)5-3/h3-5H,1-2H3;11H,4H2,1-3H3;3-5H2,1-2H3;7H,4-5H2,1-3H3;3-5H2,1-2H3;1-2H3. The molecule has 0 radical (unpaired) electrons. The second kappa shape index (κ2) is 25.7. The Kier molecular flexibility index (Phi) is 25.2. The third kappa shape index (κ3) is 31.5. The van der Waals surface area contributed by atoms with Gasteiger partial charge in [-0.1, -0.05) is 6.92 Å². The number of methoxy groups -OCH3 is 3. The van der Waals surface area contributed by atoms with Crippen molar-refractivity contribution in [3.8, 4) is 0 Å². The van der Waals surface area contributed by atoms with Crippen molar-refractivity contribution < 1.29 is 37.6 Å². The topological polar surface area (TPSA) is 221 Å². The van der Waals surface area contributed by atoms with Crippen LogP contribution in [-0.4, -0.2) is 141 Å². The van der Waals surface area contributed by atoms with Crippen LogP contribution in [0, 0.1) is 26.2 Å². The van der Waals surface area contributed by atoms with E-state index in [9.17, 15) is 18.3 Å². The Labute approximate surface area is 309 Å². The van der Waals surface area contributed by atoms with Crippen molar-refractivity contribution in [2.45, 2.75) is 86.0 Å². The number of sulfone groups is 1. The summed E-state index contributed by atoms with van der Waals surface area (Å²) in [4.78, 5) is 13.6. The van der Waals surface area contributed by atoms with Gasteiger partial charge in [0, 0.05) is 65.5 Å². The van der Waals surface area contributed by atoms with Crippen molar-refractivity contribution >= 4 is 9.84 Å². The summed E-state index contributed by atoms with van der Waals surface area (Å²) in [5, 5.41) is 40.7. The zero-order valence-corrected chi connectivity index (χ0v) is 34.6. The molecule has 2 N–H and O–H groups in total. The lowest BCUT2D eigenvalue weighted by Gasteiger charge is -2.37. The highest BCUT2D eigenvalue weighted by molar-refractivity contribution is 7.90. The number of tetrazole rings is 2. The molecule has 1 fully saturated rings. The van der Waals surface area contributed by atoms with Crippen LogP contribution in [0.15, 0.2) is 23.1 Å². The van der Waals surface area contributed by atoms with Gasteiger partial charge in [0.25, 0.3) is 5.56 Å². The van der Waals surface area contributed by atoms with E-state index in [1.807, 2.05) is 13.0 Å². The predicted molar refractivity (Wildman–Crippen MR) is 199 cm³/mol. The summed E-state index contributed by atoms with van der Waals surface area (Å²) in [6, 6.07) is 3.52. The SMILES string of the molecule is COCC1(C)COC1.COCCC(C)(C)O.COCCCS(C)(=O)=O.Cc1ccn(C)c(=O)c1.Cc1nnn(C)n1.Cc1nnn(CC(C)(C)O)n1. The number of aliphatic hydroxyl groups is 2. The normalized spacial score (nSPS) is 13.2. The highest BCUT2D eigenvalue weighted by atomic mass is 32.2. The fourth-order valence-corrected chi connectivity index (χ4v) is 4.10. The van der Waals surface area contributed by atoms with Crippen molar-refractivity contribution in [3.63, 3.8) is 0 Å². The van der Waals surface area contributed by atoms with Crippen LogP contribution in [0.4, 0.5) is 0 Å². The van der Waals surface area contributed by atoms with E-state index in [4.69, 9.17) is 19.3 Å². The summed E-state index contributed by atoms with van der Waals surface area (Å²) in [6.07, 6.45) is 4.28. The predicted octanol–water partition coefficient (Wildman–Crippen LogP) is 1.50. The van der Waals surface area contributed by atoms with Gasteiger partial charge in [-0.3, -0.25) is 4.79 Å². The number of ether oxygens (including phenoxy) is 4. The lowest BCUT2D eigenvalue weighted by Crippen LogP contribution is -2.43. The molecule has 4 heterocycles. The van der Waals surface area contributed by atoms with Crippen molar-refractivity contribution in [2.24, 2.45) is 19.5 Å². The maximum Gasteiger partial charge on any atom is 0.250 e. The van der Waals surface area contributed by atoms with Crippen molar-refractivity contribution in [1.29, 1.82) is 0 Å². The Morgan fingerprint density at radius 1 is 0.904 bits per heavy atom. The van der Waals surface area contributed by atoms with Gasteiger partial charge in [0.2, 0.25) is 0 Å². The summed E-state index contributed by atoms with van der Waals surface area (Å²) >= 11 is 0. The number of aryl methyl sites for hydroxylation is 5. The van der Waals surface area contributed by atoms with Crippen LogP contribution in [0.1, 0.15) is 64.7 Å². The minimum Gasteiger partial charge on any atom is -0.390 e. The second-order valence-electron chi connectivity index (χ2n) is 13.9. The van der Waals surface area contributed by atoms with E-state index in [0.717, 1.165) is 25.4 Å². The Hall–Kier alpha value is -3.20. The molecule has 0 atom stereocenters. The van der Waals surface area contributed by atoms with E-state index in [0.29, 0.717) is 49.7 Å². The first kappa shape index (κ1) is 50.9. The first-order valence-corrected chi connectivity index (χ1v) is 18.7. The fourth-order valence-electron chi connectivity index (χ4n) is 3.46. The molecule has 3 aromatic heterocycles. The molecular weight excluding hydrogens is 698 g/mol. The molecule has 1 aliphatic rings. The minimum absolute atomic E-state index is 0.0509. The number of rotatable bonds is 11. The first-order valence-electron chi connectivity index (χ1n) is 16.6. The molecular formula is C33H65N9O9S. The third-order valence-electron chi connectivity index (χ3n) is 6.12. The molecule has 0 bridgehead atoms. The summed E-state index contributed by atoms with van der Waals surface area (Å²) in [7, 11) is 5.61. The summed E-state index contributed by atoms with van der Waals surface area (Å²) in [5.41, 5.74) is 0.0332. The van der Waals surface area contributed by atoms with Gasteiger partial charge < -0.3 is 33.7 Å². The zero-order valence-electron chi connectivity index (χ0n) is 33.8. The molecule has 1 saturated heterocycles. The monoisotopic (exact) mass is 763 g/mol. The van der Waals surface area contributed by atoms with Crippen LogP contribution >= 0.6 is 0 Å². The van der Waals surface area contributed by atoms with Gasteiger partial charge >= 0.3 is 0 Å². The van der Waals surface area contributed by atoms with Crippen LogP contribution in [0.5, 0.6) is 0 Å². The number of hydrogen-bond acceptors (Lipinski definition) is 15. The molecule has 0 aromatic carbocycles. The van der Waals surface area contributed by atoms with E-state index >= 15 is 0 Å². The molecule has 52 heavy (non-hydrogen) atoms. The molecule has 0 amide bonds. The smallest absolute Gasteiger partial charge is 0.250 e. The highest BCUT2D eigenvalue weighted by Gasteiger charge is 2.32. The Morgan fingerprint density at radius 2 is 1.46 bits per heavy atom. The van der Waals surface area contributed by atoms with Crippen molar-refractivity contribution in [1.82, 2.24) is 45.0 Å². The van der Waals surface area contributed by atoms with E-state index in [1.165, 1.54) is 15.8 Å². The third-order valence-corrected chi connectivity index (χ3v) is 7.16. The number of hydrogen-bond donors (Lipinski definition) is 2. The largest absolute Gasteiger partial charge is 0.390 e. The van der Waals surface area contributed by atoms with E-state index in [-0.39, 0.29) is 11.3 Å². The van der Waals surface area contributed by atoms with Gasteiger partial charge in [0.15, 0.2) is 11.6 Å². The maximum atomic E-state index is 10.8. The molecule has 0 spiro atoms. The van der Waals surface area contributed by atoms with Gasteiger partial charge in [-0.05, 0) is 83.4 Å². The molecule has 0 aliphatic carbocycles. The van der Waals surface area contributed by atoms with E-state index in [1.54, 1.807) is 93.8 Å². The molecule has 1 aliphatic heterocycles. The molecule has 19 heteroatoms. The lowest BCUT2D eigenvalue weighted by molar-refractivity contribution is -0.131. The Balaban J connectivity index is 0.